The van der Waals surface area contributed by atoms with Crippen LogP contribution in [-0.4, -0.2) is 11.7 Å². The van der Waals surface area contributed by atoms with Crippen molar-refractivity contribution in [3.05, 3.63) is 42.5 Å². The lowest BCUT2D eigenvalue weighted by Crippen LogP contribution is -1.96. The third-order valence-corrected chi connectivity index (χ3v) is 1.97. The molecule has 1 N–H and O–H groups in total. The average Bonchev–Trinajstić information content (AvgIpc) is 2.20. The van der Waals surface area contributed by atoms with Crippen molar-refractivity contribution < 1.29 is 9.84 Å². The largest absolute Gasteiger partial charge is 0.494 e. The molecule has 1 rings (SSSR count). The van der Waals surface area contributed by atoms with Gasteiger partial charge < -0.3 is 9.84 Å². The fourth-order valence-electron chi connectivity index (χ4n) is 1.25. The van der Waals surface area contributed by atoms with E-state index >= 15 is 0 Å². The number of aliphatic hydroxyl groups excluding tert-OH is 1. The first kappa shape index (κ1) is 10.8. The van der Waals surface area contributed by atoms with Gasteiger partial charge in [0.05, 0.1) is 12.7 Å². The molecule has 0 spiro atoms. The van der Waals surface area contributed by atoms with Gasteiger partial charge in [-0.05, 0) is 31.0 Å². The quantitative estimate of drug-likeness (QED) is 0.727. The summed E-state index contributed by atoms with van der Waals surface area (Å²) in [6.07, 6.45) is 1.83. The Labute approximate surface area is 84.8 Å². The van der Waals surface area contributed by atoms with Gasteiger partial charge in [-0.1, -0.05) is 18.2 Å². The summed E-state index contributed by atoms with van der Waals surface area (Å²) in [7, 11) is 0. The first-order valence-electron chi connectivity index (χ1n) is 4.79. The van der Waals surface area contributed by atoms with Crippen LogP contribution in [0, 0.1) is 0 Å². The minimum absolute atomic E-state index is 0.455. The van der Waals surface area contributed by atoms with Crippen molar-refractivity contribution in [2.24, 2.45) is 0 Å². The lowest BCUT2D eigenvalue weighted by atomic mass is 10.1. The highest BCUT2D eigenvalue weighted by Crippen LogP contribution is 2.20. The molecule has 14 heavy (non-hydrogen) atoms. The molecule has 0 bridgehead atoms. The molecule has 0 radical (unpaired) electrons. The number of aliphatic hydroxyl groups is 1. The van der Waals surface area contributed by atoms with Gasteiger partial charge in [0.15, 0.2) is 0 Å². The van der Waals surface area contributed by atoms with E-state index in [-0.39, 0.29) is 0 Å². The molecule has 0 fully saturated rings. The van der Waals surface area contributed by atoms with E-state index in [1.54, 1.807) is 6.08 Å². The molecule has 0 aliphatic rings. The normalized spacial score (nSPS) is 12.1. The van der Waals surface area contributed by atoms with E-state index in [9.17, 15) is 5.11 Å². The fraction of sp³-hybridized carbons (Fsp3) is 0.333. The van der Waals surface area contributed by atoms with Crippen molar-refractivity contribution in [1.29, 1.82) is 0 Å². The molecule has 2 heteroatoms. The number of ether oxygens (including phenoxy) is 1. The van der Waals surface area contributed by atoms with Crippen molar-refractivity contribution in [1.82, 2.24) is 0 Å². The zero-order valence-corrected chi connectivity index (χ0v) is 8.44. The Balaban J connectivity index is 2.67. The number of rotatable bonds is 5. The molecule has 0 aliphatic carbocycles. The molecule has 1 aromatic rings. The van der Waals surface area contributed by atoms with Gasteiger partial charge >= 0.3 is 0 Å². The molecule has 0 saturated carbocycles. The van der Waals surface area contributed by atoms with E-state index in [2.05, 4.69) is 6.58 Å². The molecule has 0 amide bonds. The van der Waals surface area contributed by atoms with Gasteiger partial charge in [0.25, 0.3) is 0 Å². The summed E-state index contributed by atoms with van der Waals surface area (Å²) in [6, 6.07) is 7.48. The summed E-state index contributed by atoms with van der Waals surface area (Å²) in [5.41, 5.74) is 0.897. The Morgan fingerprint density at radius 2 is 2.07 bits per heavy atom. The fourth-order valence-corrected chi connectivity index (χ4v) is 1.25. The van der Waals surface area contributed by atoms with Crippen LogP contribution in [0.3, 0.4) is 0 Å². The maximum atomic E-state index is 9.63. The van der Waals surface area contributed by atoms with Gasteiger partial charge in [-0.3, -0.25) is 0 Å². The van der Waals surface area contributed by atoms with Crippen molar-refractivity contribution in [2.45, 2.75) is 19.4 Å². The van der Waals surface area contributed by atoms with Gasteiger partial charge in [-0.2, -0.15) is 0 Å². The van der Waals surface area contributed by atoms with E-state index in [1.807, 2.05) is 31.2 Å². The van der Waals surface area contributed by atoms with Crippen molar-refractivity contribution in [3.63, 3.8) is 0 Å². The lowest BCUT2D eigenvalue weighted by molar-refractivity contribution is 0.181. The Hall–Kier alpha value is -1.28. The summed E-state index contributed by atoms with van der Waals surface area (Å²) >= 11 is 0. The molecule has 0 aliphatic heterocycles. The number of hydrogen-bond acceptors (Lipinski definition) is 2. The second-order valence-electron chi connectivity index (χ2n) is 3.04. The van der Waals surface area contributed by atoms with Crippen molar-refractivity contribution in [3.8, 4) is 5.75 Å². The first-order valence-corrected chi connectivity index (χ1v) is 4.79. The average molecular weight is 192 g/mol. The van der Waals surface area contributed by atoms with E-state index in [0.29, 0.717) is 13.0 Å². The minimum atomic E-state index is -0.455. The molecule has 1 atom stereocenters. The Morgan fingerprint density at radius 3 is 2.57 bits per heavy atom. The maximum Gasteiger partial charge on any atom is 0.119 e. The SMILES string of the molecule is C=CC[C@H](O)c1ccc(OCC)cc1. The molecule has 0 heterocycles. The molecule has 76 valence electrons. The van der Waals surface area contributed by atoms with Crippen LogP contribution in [-0.2, 0) is 0 Å². The van der Waals surface area contributed by atoms with Gasteiger partial charge in [0, 0.05) is 0 Å². The molecule has 0 unspecified atom stereocenters. The van der Waals surface area contributed by atoms with Crippen LogP contribution in [0.4, 0.5) is 0 Å². The zero-order valence-electron chi connectivity index (χ0n) is 8.44. The summed E-state index contributed by atoms with van der Waals surface area (Å²) in [5, 5.41) is 9.63. The molecule has 0 aromatic heterocycles. The van der Waals surface area contributed by atoms with Gasteiger partial charge in [-0.25, -0.2) is 0 Å². The summed E-state index contributed by atoms with van der Waals surface area (Å²) < 4.78 is 5.30. The van der Waals surface area contributed by atoms with Crippen LogP contribution in [0.2, 0.25) is 0 Å². The Bertz CT molecular complexity index is 277. The van der Waals surface area contributed by atoms with E-state index in [4.69, 9.17) is 4.74 Å². The zero-order chi connectivity index (χ0) is 10.4. The Morgan fingerprint density at radius 1 is 1.43 bits per heavy atom. The molecular weight excluding hydrogens is 176 g/mol. The highest BCUT2D eigenvalue weighted by molar-refractivity contribution is 5.28. The highest BCUT2D eigenvalue weighted by atomic mass is 16.5. The van der Waals surface area contributed by atoms with Gasteiger partial charge in [-0.15, -0.1) is 6.58 Å². The molecule has 1 aromatic carbocycles. The van der Waals surface area contributed by atoms with Crippen LogP contribution in [0.1, 0.15) is 25.0 Å². The minimum Gasteiger partial charge on any atom is -0.494 e. The topological polar surface area (TPSA) is 29.5 Å². The maximum absolute atomic E-state index is 9.63. The van der Waals surface area contributed by atoms with Crippen molar-refractivity contribution in [2.75, 3.05) is 6.61 Å². The monoisotopic (exact) mass is 192 g/mol. The summed E-state index contributed by atoms with van der Waals surface area (Å²) in [4.78, 5) is 0. The molecule has 2 nitrogen and oxygen atoms in total. The molecular formula is C12H16O2. The van der Waals surface area contributed by atoms with Crippen LogP contribution in [0.5, 0.6) is 5.75 Å². The van der Waals surface area contributed by atoms with Gasteiger partial charge in [0.1, 0.15) is 5.75 Å². The first-order chi connectivity index (χ1) is 6.77. The van der Waals surface area contributed by atoms with E-state index in [0.717, 1.165) is 11.3 Å². The van der Waals surface area contributed by atoms with Crippen LogP contribution >= 0.6 is 0 Å². The number of benzene rings is 1. The third kappa shape index (κ3) is 2.89. The van der Waals surface area contributed by atoms with Crippen LogP contribution in [0.25, 0.3) is 0 Å². The smallest absolute Gasteiger partial charge is 0.119 e. The summed E-state index contributed by atoms with van der Waals surface area (Å²) in [6.45, 7) is 6.19. The standard InChI is InChI=1S/C12H16O2/c1-3-5-12(13)10-6-8-11(9-7-10)14-4-2/h3,6-9,12-13H,1,4-5H2,2H3/t12-/m0/s1. The predicted octanol–water partition coefficient (Wildman–Crippen LogP) is 2.69. The highest BCUT2D eigenvalue weighted by Gasteiger charge is 2.04. The second-order valence-corrected chi connectivity index (χ2v) is 3.04. The van der Waals surface area contributed by atoms with E-state index < -0.39 is 6.10 Å². The van der Waals surface area contributed by atoms with Crippen LogP contribution in [0.15, 0.2) is 36.9 Å². The van der Waals surface area contributed by atoms with E-state index in [1.165, 1.54) is 0 Å². The van der Waals surface area contributed by atoms with Crippen LogP contribution < -0.4 is 4.74 Å². The predicted molar refractivity (Wildman–Crippen MR) is 57.4 cm³/mol. The lowest BCUT2D eigenvalue weighted by Gasteiger charge is -2.09. The number of hydrogen-bond donors (Lipinski definition) is 1. The van der Waals surface area contributed by atoms with Crippen molar-refractivity contribution >= 4 is 0 Å². The Kier molecular flexibility index (Phi) is 4.20. The summed E-state index contributed by atoms with van der Waals surface area (Å²) in [5.74, 6) is 0.835. The van der Waals surface area contributed by atoms with Gasteiger partial charge in [0.2, 0.25) is 0 Å². The second kappa shape index (κ2) is 5.45. The molecule has 0 saturated heterocycles. The third-order valence-electron chi connectivity index (χ3n) is 1.97.